The van der Waals surface area contributed by atoms with Gasteiger partial charge in [-0.05, 0) is 49.3 Å². The van der Waals surface area contributed by atoms with Crippen molar-refractivity contribution in [3.63, 3.8) is 0 Å². The van der Waals surface area contributed by atoms with Gasteiger partial charge in [-0.15, -0.1) is 6.58 Å². The molecule has 1 N–H and O–H groups in total. The van der Waals surface area contributed by atoms with Crippen LogP contribution in [0, 0.1) is 18.6 Å². The van der Waals surface area contributed by atoms with Crippen molar-refractivity contribution in [2.75, 3.05) is 0 Å². The van der Waals surface area contributed by atoms with Crippen LogP contribution in [0.25, 0.3) is 0 Å². The van der Waals surface area contributed by atoms with Crippen molar-refractivity contribution in [1.82, 2.24) is 14.8 Å². The Labute approximate surface area is 117 Å². The van der Waals surface area contributed by atoms with Gasteiger partial charge in [-0.2, -0.15) is 5.10 Å². The van der Waals surface area contributed by atoms with Crippen LogP contribution < -0.4 is 4.74 Å². The average molecular weight is 275 g/mol. The van der Waals surface area contributed by atoms with E-state index in [2.05, 4.69) is 30.6 Å². The summed E-state index contributed by atoms with van der Waals surface area (Å²) in [6.45, 7) is 8.86. The second kappa shape index (κ2) is 5.84. The largest absolute Gasteiger partial charge is 0.486 e. The lowest BCUT2D eigenvalue weighted by atomic mass is 10.1. The van der Waals surface area contributed by atoms with Gasteiger partial charge in [-0.1, -0.05) is 12.1 Å². The van der Waals surface area contributed by atoms with Crippen molar-refractivity contribution in [3.05, 3.63) is 52.6 Å². The number of nitrogens with one attached hydrogen (secondary N) is 1. The van der Waals surface area contributed by atoms with Crippen LogP contribution in [0.4, 0.5) is 0 Å². The molecule has 0 bridgehead atoms. The number of hydrogen-bond donors (Lipinski definition) is 1. The number of nitrogens with zero attached hydrogens (tertiary/aromatic N) is 2. The van der Waals surface area contributed by atoms with E-state index in [-0.39, 0.29) is 0 Å². The molecule has 5 heteroatoms. The highest BCUT2D eigenvalue weighted by Crippen LogP contribution is 2.17. The summed E-state index contributed by atoms with van der Waals surface area (Å²) in [6.07, 6.45) is 1.78. The Bertz CT molecular complexity index is 642. The third-order valence-corrected chi connectivity index (χ3v) is 3.31. The number of aromatic amines is 1. The molecule has 1 aromatic heterocycles. The summed E-state index contributed by atoms with van der Waals surface area (Å²) in [5.41, 5.74) is 2.46. The van der Waals surface area contributed by atoms with Gasteiger partial charge in [0, 0.05) is 6.54 Å². The Kier molecular flexibility index (Phi) is 4.16. The van der Waals surface area contributed by atoms with E-state index in [0.29, 0.717) is 17.9 Å². The second-order valence-corrected chi connectivity index (χ2v) is 4.77. The molecule has 0 fully saturated rings. The molecule has 100 valence electrons. The molecule has 0 aliphatic heterocycles. The van der Waals surface area contributed by atoms with Crippen molar-refractivity contribution in [2.45, 2.75) is 27.0 Å². The molecular weight excluding hydrogens is 258 g/mol. The van der Waals surface area contributed by atoms with E-state index in [1.807, 2.05) is 22.8 Å². The zero-order chi connectivity index (χ0) is 13.8. The summed E-state index contributed by atoms with van der Waals surface area (Å²) in [5, 5.41) is 6.93. The zero-order valence-corrected chi connectivity index (χ0v) is 12.0. The summed E-state index contributed by atoms with van der Waals surface area (Å²) < 4.78 is 8.19. The van der Waals surface area contributed by atoms with Crippen molar-refractivity contribution < 1.29 is 4.74 Å². The average Bonchev–Trinajstić information content (AvgIpc) is 2.73. The van der Waals surface area contributed by atoms with Crippen LogP contribution >= 0.6 is 12.2 Å². The van der Waals surface area contributed by atoms with Crippen LogP contribution in [-0.4, -0.2) is 14.8 Å². The Balaban J connectivity index is 2.12. The first-order valence-electron chi connectivity index (χ1n) is 6.07. The lowest BCUT2D eigenvalue weighted by molar-refractivity contribution is 0.290. The summed E-state index contributed by atoms with van der Waals surface area (Å²) in [5.74, 6) is 1.60. The van der Waals surface area contributed by atoms with E-state index in [1.54, 1.807) is 6.08 Å². The number of rotatable bonds is 5. The molecule has 1 heterocycles. The lowest BCUT2D eigenvalue weighted by Gasteiger charge is -2.08. The van der Waals surface area contributed by atoms with Gasteiger partial charge in [0.05, 0.1) is 0 Å². The molecular formula is C14H17N3OS. The van der Waals surface area contributed by atoms with Gasteiger partial charge in [0.15, 0.2) is 10.6 Å². The van der Waals surface area contributed by atoms with Gasteiger partial charge < -0.3 is 4.74 Å². The fraction of sp³-hybridized carbons (Fsp3) is 0.286. The number of ether oxygens (including phenoxy) is 1. The molecule has 0 spiro atoms. The van der Waals surface area contributed by atoms with Crippen LogP contribution in [-0.2, 0) is 13.2 Å². The predicted molar refractivity (Wildman–Crippen MR) is 77.9 cm³/mol. The molecule has 19 heavy (non-hydrogen) atoms. The number of aromatic nitrogens is 3. The van der Waals surface area contributed by atoms with Crippen LogP contribution in [0.1, 0.15) is 17.0 Å². The standard InChI is InChI=1S/C14H17N3OS/c1-4-7-17-13(15-16-14(17)19)9-18-12-6-5-10(2)11(3)8-12/h4-6,8H,1,7,9H2,2-3H3,(H,16,19). The summed E-state index contributed by atoms with van der Waals surface area (Å²) in [7, 11) is 0. The minimum atomic E-state index is 0.378. The van der Waals surface area contributed by atoms with Crippen LogP contribution in [0.2, 0.25) is 0 Å². The van der Waals surface area contributed by atoms with Gasteiger partial charge in [0.1, 0.15) is 12.4 Å². The topological polar surface area (TPSA) is 42.8 Å². The minimum Gasteiger partial charge on any atom is -0.486 e. The molecule has 0 atom stereocenters. The molecule has 0 unspecified atom stereocenters. The van der Waals surface area contributed by atoms with E-state index in [4.69, 9.17) is 17.0 Å². The third kappa shape index (κ3) is 3.12. The molecule has 1 aromatic carbocycles. The fourth-order valence-electron chi connectivity index (χ4n) is 1.73. The maximum absolute atomic E-state index is 5.74. The summed E-state index contributed by atoms with van der Waals surface area (Å²) in [4.78, 5) is 0. The lowest BCUT2D eigenvalue weighted by Crippen LogP contribution is -2.06. The molecule has 0 saturated carbocycles. The number of hydrogen-bond acceptors (Lipinski definition) is 3. The highest BCUT2D eigenvalue weighted by molar-refractivity contribution is 7.71. The summed E-state index contributed by atoms with van der Waals surface area (Å²) in [6, 6.07) is 6.03. The first-order chi connectivity index (χ1) is 9.11. The maximum atomic E-state index is 5.74. The quantitative estimate of drug-likeness (QED) is 0.672. The Hall–Kier alpha value is -1.88. The van der Waals surface area contributed by atoms with Crippen molar-refractivity contribution >= 4 is 12.2 Å². The van der Waals surface area contributed by atoms with Crippen LogP contribution in [0.5, 0.6) is 5.75 Å². The highest BCUT2D eigenvalue weighted by Gasteiger charge is 2.06. The summed E-state index contributed by atoms with van der Waals surface area (Å²) >= 11 is 5.15. The third-order valence-electron chi connectivity index (χ3n) is 3.00. The monoisotopic (exact) mass is 275 g/mol. The van der Waals surface area contributed by atoms with Crippen LogP contribution in [0.3, 0.4) is 0 Å². The Morgan fingerprint density at radius 2 is 2.21 bits per heavy atom. The van der Waals surface area contributed by atoms with Gasteiger partial charge in [-0.25, -0.2) is 0 Å². The van der Waals surface area contributed by atoms with Crippen molar-refractivity contribution in [1.29, 1.82) is 0 Å². The molecule has 4 nitrogen and oxygen atoms in total. The number of benzene rings is 1. The first kappa shape index (κ1) is 13.5. The van der Waals surface area contributed by atoms with E-state index in [9.17, 15) is 0 Å². The second-order valence-electron chi connectivity index (χ2n) is 4.38. The number of H-pyrrole nitrogens is 1. The predicted octanol–water partition coefficient (Wildman–Crippen LogP) is 3.32. The molecule has 0 aliphatic carbocycles. The van der Waals surface area contributed by atoms with Gasteiger partial charge in [0.25, 0.3) is 0 Å². The Morgan fingerprint density at radius 3 is 2.89 bits per heavy atom. The fourth-order valence-corrected chi connectivity index (χ4v) is 1.95. The molecule has 0 aliphatic rings. The van der Waals surface area contributed by atoms with E-state index < -0.39 is 0 Å². The first-order valence-corrected chi connectivity index (χ1v) is 6.47. The van der Waals surface area contributed by atoms with E-state index in [1.165, 1.54) is 11.1 Å². The van der Waals surface area contributed by atoms with Crippen molar-refractivity contribution in [2.24, 2.45) is 0 Å². The Morgan fingerprint density at radius 1 is 1.42 bits per heavy atom. The molecule has 0 saturated heterocycles. The normalized spacial score (nSPS) is 10.4. The zero-order valence-electron chi connectivity index (χ0n) is 11.1. The van der Waals surface area contributed by atoms with Gasteiger partial charge in [0.2, 0.25) is 0 Å². The van der Waals surface area contributed by atoms with Crippen LogP contribution in [0.15, 0.2) is 30.9 Å². The highest BCUT2D eigenvalue weighted by atomic mass is 32.1. The minimum absolute atomic E-state index is 0.378. The molecule has 0 radical (unpaired) electrons. The van der Waals surface area contributed by atoms with E-state index in [0.717, 1.165) is 11.6 Å². The number of aryl methyl sites for hydroxylation is 2. The van der Waals surface area contributed by atoms with Gasteiger partial charge >= 0.3 is 0 Å². The molecule has 2 aromatic rings. The van der Waals surface area contributed by atoms with E-state index >= 15 is 0 Å². The van der Waals surface area contributed by atoms with Gasteiger partial charge in [-0.3, -0.25) is 9.67 Å². The smallest absolute Gasteiger partial charge is 0.195 e. The SMILES string of the molecule is C=CCn1c(COc2ccc(C)c(C)c2)n[nH]c1=S. The molecule has 2 rings (SSSR count). The molecule has 0 amide bonds. The van der Waals surface area contributed by atoms with Crippen molar-refractivity contribution in [3.8, 4) is 5.75 Å². The number of allylic oxidation sites excluding steroid dienone is 1. The maximum Gasteiger partial charge on any atom is 0.195 e.